The van der Waals surface area contributed by atoms with Crippen LogP contribution in [0.1, 0.15) is 51.5 Å². The topological polar surface area (TPSA) is 29.3 Å². The summed E-state index contributed by atoms with van der Waals surface area (Å²) in [6.45, 7) is 6.74. The zero-order valence-corrected chi connectivity index (χ0v) is 14.2. The van der Waals surface area contributed by atoms with Gasteiger partial charge in [0.25, 0.3) is 0 Å². The third-order valence-corrected chi connectivity index (χ3v) is 4.94. The summed E-state index contributed by atoms with van der Waals surface area (Å²) in [5.74, 6) is 0.909. The Kier molecular flexibility index (Phi) is 6.38. The third-order valence-electron chi connectivity index (χ3n) is 4.71. The van der Waals surface area contributed by atoms with E-state index in [1.807, 2.05) is 6.07 Å². The number of piperidine rings is 1. The highest BCUT2D eigenvalue weighted by molar-refractivity contribution is 6.30. The van der Waals surface area contributed by atoms with Crippen molar-refractivity contribution in [2.24, 2.45) is 11.7 Å². The molecule has 1 heterocycles. The van der Waals surface area contributed by atoms with Crippen molar-refractivity contribution < 1.29 is 0 Å². The van der Waals surface area contributed by atoms with Gasteiger partial charge in [-0.25, -0.2) is 0 Å². The summed E-state index contributed by atoms with van der Waals surface area (Å²) in [7, 11) is 0. The van der Waals surface area contributed by atoms with Crippen LogP contribution in [0.2, 0.25) is 5.02 Å². The van der Waals surface area contributed by atoms with Crippen LogP contribution in [-0.4, -0.2) is 19.1 Å². The minimum absolute atomic E-state index is 0.238. The van der Waals surface area contributed by atoms with Crippen molar-refractivity contribution in [3.8, 4) is 0 Å². The van der Waals surface area contributed by atoms with E-state index < -0.39 is 0 Å². The van der Waals surface area contributed by atoms with Crippen molar-refractivity contribution >= 4 is 17.3 Å². The molecule has 1 aliphatic heterocycles. The first kappa shape index (κ1) is 16.6. The summed E-state index contributed by atoms with van der Waals surface area (Å²) >= 11 is 6.23. The Labute approximate surface area is 134 Å². The highest BCUT2D eigenvalue weighted by Gasteiger charge is 2.21. The van der Waals surface area contributed by atoms with Crippen LogP contribution in [-0.2, 0) is 6.42 Å². The molecule has 2 rings (SSSR count). The first-order chi connectivity index (χ1) is 10.1. The molecular weight excluding hydrogens is 280 g/mol. The van der Waals surface area contributed by atoms with E-state index in [0.717, 1.165) is 36.9 Å². The molecule has 0 aromatic heterocycles. The molecule has 1 unspecified atom stereocenters. The summed E-state index contributed by atoms with van der Waals surface area (Å²) in [5, 5.41) is 0.828. The Hall–Kier alpha value is -0.730. The maximum absolute atomic E-state index is 6.23. The van der Waals surface area contributed by atoms with Crippen molar-refractivity contribution in [2.75, 3.05) is 18.0 Å². The largest absolute Gasteiger partial charge is 0.371 e. The number of benzene rings is 1. The smallest absolute Gasteiger partial charge is 0.0426 e. The molecule has 0 aliphatic carbocycles. The lowest BCUT2D eigenvalue weighted by Gasteiger charge is -2.35. The molecule has 1 fully saturated rings. The zero-order chi connectivity index (χ0) is 15.2. The van der Waals surface area contributed by atoms with Gasteiger partial charge in [-0.2, -0.15) is 0 Å². The summed E-state index contributed by atoms with van der Waals surface area (Å²) in [5.41, 5.74) is 8.81. The zero-order valence-electron chi connectivity index (χ0n) is 13.4. The molecule has 21 heavy (non-hydrogen) atoms. The number of hydrogen-bond acceptors (Lipinski definition) is 2. The van der Waals surface area contributed by atoms with Crippen LogP contribution < -0.4 is 10.6 Å². The number of halogens is 1. The molecule has 118 valence electrons. The van der Waals surface area contributed by atoms with Gasteiger partial charge in [-0.3, -0.25) is 0 Å². The third kappa shape index (κ3) is 4.62. The second-order valence-corrected chi connectivity index (χ2v) is 6.80. The molecule has 1 saturated heterocycles. The van der Waals surface area contributed by atoms with Gasteiger partial charge >= 0.3 is 0 Å². The number of anilines is 1. The molecule has 0 bridgehead atoms. The average Bonchev–Trinajstić information content (AvgIpc) is 2.50. The van der Waals surface area contributed by atoms with E-state index >= 15 is 0 Å². The SMILES string of the molecule is CCCC1CCN(c2cc(Cl)ccc2CC(N)CC)CC1. The van der Waals surface area contributed by atoms with Gasteiger partial charge < -0.3 is 10.6 Å². The highest BCUT2D eigenvalue weighted by Crippen LogP contribution is 2.31. The Balaban J connectivity index is 2.09. The Morgan fingerprint density at radius 1 is 1.29 bits per heavy atom. The predicted octanol–water partition coefficient (Wildman–Crippen LogP) is 4.64. The van der Waals surface area contributed by atoms with E-state index in [2.05, 4.69) is 30.9 Å². The minimum atomic E-state index is 0.238. The van der Waals surface area contributed by atoms with Crippen LogP contribution in [0.3, 0.4) is 0 Å². The first-order valence-corrected chi connectivity index (χ1v) is 8.80. The highest BCUT2D eigenvalue weighted by atomic mass is 35.5. The van der Waals surface area contributed by atoms with Gasteiger partial charge in [0.1, 0.15) is 0 Å². The summed E-state index contributed by atoms with van der Waals surface area (Å²) < 4.78 is 0. The monoisotopic (exact) mass is 308 g/mol. The van der Waals surface area contributed by atoms with Crippen LogP contribution in [0.25, 0.3) is 0 Å². The summed E-state index contributed by atoms with van der Waals surface area (Å²) in [6, 6.07) is 6.51. The Morgan fingerprint density at radius 2 is 2.00 bits per heavy atom. The molecule has 1 aromatic carbocycles. The second kappa shape index (κ2) is 8.05. The van der Waals surface area contributed by atoms with E-state index in [-0.39, 0.29) is 6.04 Å². The molecule has 2 N–H and O–H groups in total. The minimum Gasteiger partial charge on any atom is -0.371 e. The fourth-order valence-electron chi connectivity index (χ4n) is 3.30. The summed E-state index contributed by atoms with van der Waals surface area (Å²) in [6.07, 6.45) is 7.24. The maximum atomic E-state index is 6.23. The van der Waals surface area contributed by atoms with Gasteiger partial charge in [0.2, 0.25) is 0 Å². The van der Waals surface area contributed by atoms with Gasteiger partial charge in [-0.05, 0) is 49.3 Å². The normalized spacial score (nSPS) is 18.0. The number of nitrogens with zero attached hydrogens (tertiary/aromatic N) is 1. The molecule has 0 amide bonds. The first-order valence-electron chi connectivity index (χ1n) is 8.43. The molecule has 0 saturated carbocycles. The molecule has 2 nitrogen and oxygen atoms in total. The molecule has 0 radical (unpaired) electrons. The summed E-state index contributed by atoms with van der Waals surface area (Å²) in [4.78, 5) is 2.51. The van der Waals surface area contributed by atoms with Crippen LogP contribution in [0, 0.1) is 5.92 Å². The van der Waals surface area contributed by atoms with E-state index in [1.165, 1.54) is 36.9 Å². The van der Waals surface area contributed by atoms with Crippen LogP contribution in [0.15, 0.2) is 18.2 Å². The molecule has 3 heteroatoms. The van der Waals surface area contributed by atoms with E-state index in [0.29, 0.717) is 0 Å². The van der Waals surface area contributed by atoms with Crippen molar-refractivity contribution in [1.29, 1.82) is 0 Å². The van der Waals surface area contributed by atoms with E-state index in [4.69, 9.17) is 17.3 Å². The average molecular weight is 309 g/mol. The number of hydrogen-bond donors (Lipinski definition) is 1. The molecule has 0 spiro atoms. The lowest BCUT2D eigenvalue weighted by atomic mass is 9.91. The van der Waals surface area contributed by atoms with Gasteiger partial charge in [-0.1, -0.05) is 44.4 Å². The fraction of sp³-hybridized carbons (Fsp3) is 0.667. The molecule has 1 aliphatic rings. The molecular formula is C18H29ClN2. The lowest BCUT2D eigenvalue weighted by molar-refractivity contribution is 0.378. The van der Waals surface area contributed by atoms with Gasteiger partial charge in [0.15, 0.2) is 0 Å². The van der Waals surface area contributed by atoms with Gasteiger partial charge in [0.05, 0.1) is 0 Å². The Bertz CT molecular complexity index is 439. The van der Waals surface area contributed by atoms with Crippen molar-refractivity contribution in [2.45, 2.75) is 58.4 Å². The quantitative estimate of drug-likeness (QED) is 0.829. The molecule has 1 aromatic rings. The standard InChI is InChI=1S/C18H29ClN2/c1-3-5-14-8-10-21(11-9-14)18-13-16(19)7-6-15(18)12-17(20)4-2/h6-7,13-14,17H,3-5,8-12,20H2,1-2H3. The van der Waals surface area contributed by atoms with Crippen LogP contribution in [0.5, 0.6) is 0 Å². The number of nitrogens with two attached hydrogens (primary N) is 1. The number of rotatable bonds is 6. The van der Waals surface area contributed by atoms with Crippen molar-refractivity contribution in [1.82, 2.24) is 0 Å². The van der Waals surface area contributed by atoms with E-state index in [1.54, 1.807) is 0 Å². The second-order valence-electron chi connectivity index (χ2n) is 6.36. The van der Waals surface area contributed by atoms with Crippen LogP contribution >= 0.6 is 11.6 Å². The van der Waals surface area contributed by atoms with Gasteiger partial charge in [-0.15, -0.1) is 0 Å². The van der Waals surface area contributed by atoms with Crippen LogP contribution in [0.4, 0.5) is 5.69 Å². The van der Waals surface area contributed by atoms with Crippen molar-refractivity contribution in [3.05, 3.63) is 28.8 Å². The van der Waals surface area contributed by atoms with E-state index in [9.17, 15) is 0 Å². The van der Waals surface area contributed by atoms with Crippen molar-refractivity contribution in [3.63, 3.8) is 0 Å². The Morgan fingerprint density at radius 3 is 2.62 bits per heavy atom. The lowest BCUT2D eigenvalue weighted by Crippen LogP contribution is -2.34. The predicted molar refractivity (Wildman–Crippen MR) is 93.3 cm³/mol. The molecule has 1 atom stereocenters. The van der Waals surface area contributed by atoms with Gasteiger partial charge in [0, 0.05) is 29.8 Å². The fourth-order valence-corrected chi connectivity index (χ4v) is 3.47. The maximum Gasteiger partial charge on any atom is 0.0426 e.